The van der Waals surface area contributed by atoms with Crippen molar-refractivity contribution in [2.45, 2.75) is 25.1 Å². The molecule has 0 saturated carbocycles. The molecule has 0 radical (unpaired) electrons. The molecule has 98 valence electrons. The molecule has 0 unspecified atom stereocenters. The lowest BCUT2D eigenvalue weighted by Crippen LogP contribution is -2.56. The molecule has 4 N–H and O–H groups in total. The summed E-state index contributed by atoms with van der Waals surface area (Å²) in [4.78, 5) is 11.6. The average Bonchev–Trinajstić information content (AvgIpc) is 2.40. The third-order valence-electron chi connectivity index (χ3n) is 3.04. The normalized spacial score (nSPS) is 23.4. The van der Waals surface area contributed by atoms with Crippen LogP contribution >= 0.6 is 0 Å². The maximum atomic E-state index is 11.6. The molecule has 18 heavy (non-hydrogen) atoms. The lowest BCUT2D eigenvalue weighted by atomic mass is 10.0. The molecule has 0 bridgehead atoms. The Morgan fingerprint density at radius 1 is 1.44 bits per heavy atom. The molecule has 2 atom stereocenters. The second-order valence-corrected chi connectivity index (χ2v) is 4.47. The molecule has 1 aromatic rings. The van der Waals surface area contributed by atoms with Gasteiger partial charge in [-0.1, -0.05) is 30.3 Å². The number of rotatable bonds is 3. The highest BCUT2D eigenvalue weighted by Gasteiger charge is 2.23. The maximum Gasteiger partial charge on any atom is 0.407 e. The summed E-state index contributed by atoms with van der Waals surface area (Å²) < 4.78 is 5.15. The molecule has 1 fully saturated rings. The molecule has 5 heteroatoms. The standard InChI is InChI=1S/C13H19N3O2/c14-11-8-15-7-6-12(11)16-13(17)18-9-10-4-2-1-3-5-10/h1-5,11-12,15H,6-9,14H2,(H,16,17)/t11-,12+/m0/s1. The molecule has 0 aliphatic carbocycles. The quantitative estimate of drug-likeness (QED) is 0.733. The monoisotopic (exact) mass is 249 g/mol. The van der Waals surface area contributed by atoms with Crippen molar-refractivity contribution in [3.05, 3.63) is 35.9 Å². The van der Waals surface area contributed by atoms with Crippen LogP contribution in [0.1, 0.15) is 12.0 Å². The van der Waals surface area contributed by atoms with Crippen molar-refractivity contribution in [3.8, 4) is 0 Å². The van der Waals surface area contributed by atoms with Crippen molar-refractivity contribution >= 4 is 6.09 Å². The summed E-state index contributed by atoms with van der Waals surface area (Å²) in [5, 5.41) is 5.99. The first-order valence-electron chi connectivity index (χ1n) is 6.19. The van der Waals surface area contributed by atoms with Crippen LogP contribution in [0.15, 0.2) is 30.3 Å². The van der Waals surface area contributed by atoms with E-state index in [0.717, 1.165) is 25.1 Å². The van der Waals surface area contributed by atoms with E-state index in [1.54, 1.807) is 0 Å². The zero-order valence-corrected chi connectivity index (χ0v) is 10.3. The number of nitrogens with one attached hydrogen (secondary N) is 2. The summed E-state index contributed by atoms with van der Waals surface area (Å²) in [6, 6.07) is 9.54. The first-order valence-corrected chi connectivity index (χ1v) is 6.19. The Labute approximate surface area is 107 Å². The molecular weight excluding hydrogens is 230 g/mol. The van der Waals surface area contributed by atoms with E-state index in [-0.39, 0.29) is 18.7 Å². The van der Waals surface area contributed by atoms with Crippen LogP contribution in [0.2, 0.25) is 0 Å². The highest BCUT2D eigenvalue weighted by Crippen LogP contribution is 2.04. The molecule has 0 spiro atoms. The van der Waals surface area contributed by atoms with Gasteiger partial charge in [0.1, 0.15) is 6.61 Å². The molecule has 2 rings (SSSR count). The van der Waals surface area contributed by atoms with Gasteiger partial charge < -0.3 is 21.1 Å². The van der Waals surface area contributed by atoms with E-state index in [1.807, 2.05) is 30.3 Å². The Morgan fingerprint density at radius 3 is 2.94 bits per heavy atom. The van der Waals surface area contributed by atoms with E-state index in [9.17, 15) is 4.79 Å². The SMILES string of the molecule is N[C@H]1CNCC[C@H]1NC(=O)OCc1ccccc1. The van der Waals surface area contributed by atoms with Crippen LogP contribution in [0.3, 0.4) is 0 Å². The molecule has 1 saturated heterocycles. The fourth-order valence-corrected chi connectivity index (χ4v) is 1.98. The smallest absolute Gasteiger partial charge is 0.407 e. The Bertz CT molecular complexity index is 383. The van der Waals surface area contributed by atoms with Crippen LogP contribution in [0, 0.1) is 0 Å². The number of carbonyl (C=O) groups excluding carboxylic acids is 1. The largest absolute Gasteiger partial charge is 0.445 e. The van der Waals surface area contributed by atoms with Gasteiger partial charge in [-0.25, -0.2) is 4.79 Å². The number of amides is 1. The van der Waals surface area contributed by atoms with Crippen LogP contribution in [0.25, 0.3) is 0 Å². The second-order valence-electron chi connectivity index (χ2n) is 4.47. The Kier molecular flexibility index (Phi) is 4.55. The van der Waals surface area contributed by atoms with E-state index < -0.39 is 6.09 Å². The summed E-state index contributed by atoms with van der Waals surface area (Å²) >= 11 is 0. The topological polar surface area (TPSA) is 76.4 Å². The van der Waals surface area contributed by atoms with Gasteiger partial charge in [0.25, 0.3) is 0 Å². The Morgan fingerprint density at radius 2 is 2.22 bits per heavy atom. The van der Waals surface area contributed by atoms with Crippen LogP contribution in [0.5, 0.6) is 0 Å². The number of carbonyl (C=O) groups is 1. The van der Waals surface area contributed by atoms with Gasteiger partial charge in [-0.2, -0.15) is 0 Å². The zero-order valence-electron chi connectivity index (χ0n) is 10.3. The van der Waals surface area contributed by atoms with Gasteiger partial charge in [-0.05, 0) is 18.5 Å². The number of hydrogen-bond donors (Lipinski definition) is 3. The number of hydrogen-bond acceptors (Lipinski definition) is 4. The van der Waals surface area contributed by atoms with E-state index in [0.29, 0.717) is 0 Å². The summed E-state index contributed by atoms with van der Waals surface area (Å²) in [7, 11) is 0. The van der Waals surface area contributed by atoms with Gasteiger partial charge in [-0.3, -0.25) is 0 Å². The minimum Gasteiger partial charge on any atom is -0.445 e. The average molecular weight is 249 g/mol. The molecular formula is C13H19N3O2. The fraction of sp³-hybridized carbons (Fsp3) is 0.462. The van der Waals surface area contributed by atoms with Gasteiger partial charge in [0.2, 0.25) is 0 Å². The highest BCUT2D eigenvalue weighted by molar-refractivity contribution is 5.67. The Hall–Kier alpha value is -1.59. The number of piperidine rings is 1. The minimum atomic E-state index is -0.402. The first kappa shape index (κ1) is 12.9. The summed E-state index contributed by atoms with van der Waals surface area (Å²) in [5.74, 6) is 0. The highest BCUT2D eigenvalue weighted by atomic mass is 16.5. The summed E-state index contributed by atoms with van der Waals surface area (Å²) in [6.45, 7) is 1.88. The van der Waals surface area contributed by atoms with Crippen LogP contribution in [-0.2, 0) is 11.3 Å². The van der Waals surface area contributed by atoms with E-state index in [4.69, 9.17) is 10.5 Å². The molecule has 1 aliphatic rings. The third-order valence-corrected chi connectivity index (χ3v) is 3.04. The Balaban J connectivity index is 1.75. The lowest BCUT2D eigenvalue weighted by Gasteiger charge is -2.29. The van der Waals surface area contributed by atoms with Crippen molar-refractivity contribution in [2.75, 3.05) is 13.1 Å². The van der Waals surface area contributed by atoms with Crippen LogP contribution < -0.4 is 16.4 Å². The second kappa shape index (κ2) is 6.37. The summed E-state index contributed by atoms with van der Waals surface area (Å²) in [6.07, 6.45) is 0.433. The van der Waals surface area contributed by atoms with E-state index in [2.05, 4.69) is 10.6 Å². The van der Waals surface area contributed by atoms with Gasteiger partial charge in [-0.15, -0.1) is 0 Å². The summed E-state index contributed by atoms with van der Waals surface area (Å²) in [5.41, 5.74) is 6.88. The molecule has 1 aliphatic heterocycles. The molecule has 5 nitrogen and oxygen atoms in total. The predicted octanol–water partition coefficient (Wildman–Crippen LogP) is 0.602. The van der Waals surface area contributed by atoms with Crippen LogP contribution in [-0.4, -0.2) is 31.3 Å². The first-order chi connectivity index (χ1) is 8.75. The van der Waals surface area contributed by atoms with Crippen molar-refractivity contribution in [2.24, 2.45) is 5.73 Å². The number of benzene rings is 1. The van der Waals surface area contributed by atoms with Crippen molar-refractivity contribution in [1.29, 1.82) is 0 Å². The molecule has 1 amide bonds. The van der Waals surface area contributed by atoms with E-state index >= 15 is 0 Å². The lowest BCUT2D eigenvalue weighted by molar-refractivity contribution is 0.132. The fourth-order valence-electron chi connectivity index (χ4n) is 1.98. The van der Waals surface area contributed by atoms with Crippen LogP contribution in [0.4, 0.5) is 4.79 Å². The van der Waals surface area contributed by atoms with Gasteiger partial charge in [0, 0.05) is 18.6 Å². The number of alkyl carbamates (subject to hydrolysis) is 1. The van der Waals surface area contributed by atoms with Gasteiger partial charge in [0.15, 0.2) is 0 Å². The van der Waals surface area contributed by atoms with Crippen molar-refractivity contribution < 1.29 is 9.53 Å². The minimum absolute atomic E-state index is 0.00507. The maximum absolute atomic E-state index is 11.6. The van der Waals surface area contributed by atoms with E-state index in [1.165, 1.54) is 0 Å². The molecule has 1 heterocycles. The zero-order chi connectivity index (χ0) is 12.8. The number of ether oxygens (including phenoxy) is 1. The van der Waals surface area contributed by atoms with Gasteiger partial charge in [0.05, 0.1) is 0 Å². The van der Waals surface area contributed by atoms with Gasteiger partial charge >= 0.3 is 6.09 Å². The molecule has 0 aromatic heterocycles. The van der Waals surface area contributed by atoms with Crippen molar-refractivity contribution in [3.63, 3.8) is 0 Å². The number of nitrogens with two attached hydrogens (primary N) is 1. The predicted molar refractivity (Wildman–Crippen MR) is 69.0 cm³/mol. The molecule has 1 aromatic carbocycles. The third kappa shape index (κ3) is 3.72. The van der Waals surface area contributed by atoms with Crippen molar-refractivity contribution in [1.82, 2.24) is 10.6 Å².